The average Bonchev–Trinajstić information content (AvgIpc) is 2.85. The van der Waals surface area contributed by atoms with Crippen molar-refractivity contribution in [2.45, 2.75) is 38.2 Å². The smallest absolute Gasteiger partial charge is 0.388 e. The molecular weight excluding hydrogens is 278 g/mol. The van der Waals surface area contributed by atoms with E-state index in [4.69, 9.17) is 4.74 Å². The van der Waals surface area contributed by atoms with E-state index in [9.17, 15) is 8.78 Å². The molecule has 4 nitrogen and oxygen atoms in total. The summed E-state index contributed by atoms with van der Waals surface area (Å²) in [7, 11) is 0. The molecule has 0 aliphatic heterocycles. The van der Waals surface area contributed by atoms with Gasteiger partial charge in [-0.25, -0.2) is 4.68 Å². The van der Waals surface area contributed by atoms with E-state index in [0.717, 1.165) is 18.4 Å². The fourth-order valence-electron chi connectivity index (χ4n) is 2.42. The first-order chi connectivity index (χ1) is 10.2. The molecule has 21 heavy (non-hydrogen) atoms. The van der Waals surface area contributed by atoms with Crippen molar-refractivity contribution >= 4 is 0 Å². The fraction of sp³-hybridized carbons (Fsp3) is 0.400. The van der Waals surface area contributed by atoms with Crippen LogP contribution in [0.25, 0.3) is 0 Å². The van der Waals surface area contributed by atoms with Gasteiger partial charge in [0, 0.05) is 6.07 Å². The lowest BCUT2D eigenvalue weighted by Gasteiger charge is -2.35. The molecule has 112 valence electrons. The summed E-state index contributed by atoms with van der Waals surface area (Å²) in [5, 5.41) is 4.05. The number of rotatable bonds is 6. The van der Waals surface area contributed by atoms with Gasteiger partial charge in [-0.1, -0.05) is 30.3 Å². The molecule has 0 spiro atoms. The molecule has 0 N–H and O–H groups in total. The van der Waals surface area contributed by atoms with Crippen LogP contribution in [0.15, 0.2) is 42.6 Å². The van der Waals surface area contributed by atoms with Crippen LogP contribution in [0.5, 0.6) is 5.88 Å². The Morgan fingerprint density at radius 3 is 2.67 bits per heavy atom. The molecule has 1 heterocycles. The van der Waals surface area contributed by atoms with Crippen LogP contribution in [0, 0.1) is 0 Å². The number of halogens is 2. The molecule has 0 saturated heterocycles. The van der Waals surface area contributed by atoms with Crippen molar-refractivity contribution in [3.05, 3.63) is 48.2 Å². The largest absolute Gasteiger partial charge is 0.417 e. The Morgan fingerprint density at radius 1 is 1.19 bits per heavy atom. The van der Waals surface area contributed by atoms with Crippen molar-refractivity contribution in [2.24, 2.45) is 0 Å². The van der Waals surface area contributed by atoms with Gasteiger partial charge in [-0.2, -0.15) is 13.9 Å². The molecule has 6 heteroatoms. The van der Waals surface area contributed by atoms with Crippen molar-refractivity contribution in [1.82, 2.24) is 9.78 Å². The van der Waals surface area contributed by atoms with Gasteiger partial charge in [-0.05, 0) is 18.4 Å². The molecule has 1 aliphatic rings. The van der Waals surface area contributed by atoms with E-state index >= 15 is 0 Å². The second kappa shape index (κ2) is 6.22. The average molecular weight is 294 g/mol. The highest BCUT2D eigenvalue weighted by Crippen LogP contribution is 2.37. The first kappa shape index (κ1) is 14.0. The Labute approximate surface area is 121 Å². The van der Waals surface area contributed by atoms with E-state index in [-0.39, 0.29) is 18.0 Å². The molecule has 0 bridgehead atoms. The number of benzene rings is 1. The van der Waals surface area contributed by atoms with Gasteiger partial charge in [-0.3, -0.25) is 0 Å². The lowest BCUT2D eigenvalue weighted by atomic mass is 9.89. The van der Waals surface area contributed by atoms with Gasteiger partial charge in [0.25, 0.3) is 0 Å². The first-order valence-corrected chi connectivity index (χ1v) is 6.86. The van der Waals surface area contributed by atoms with Crippen molar-refractivity contribution in [2.75, 3.05) is 0 Å². The van der Waals surface area contributed by atoms with Crippen molar-refractivity contribution in [3.63, 3.8) is 0 Å². The normalized spacial score (nSPS) is 21.3. The van der Waals surface area contributed by atoms with E-state index in [2.05, 4.69) is 9.84 Å². The van der Waals surface area contributed by atoms with Gasteiger partial charge in [0.1, 0.15) is 0 Å². The number of alkyl halides is 2. The van der Waals surface area contributed by atoms with Crippen LogP contribution < -0.4 is 4.74 Å². The van der Waals surface area contributed by atoms with Crippen LogP contribution in [-0.2, 0) is 11.3 Å². The molecule has 0 unspecified atom stereocenters. The van der Waals surface area contributed by atoms with Gasteiger partial charge in [0.2, 0.25) is 5.88 Å². The summed E-state index contributed by atoms with van der Waals surface area (Å²) in [4.78, 5) is 0. The molecule has 1 aromatic carbocycles. The van der Waals surface area contributed by atoms with Gasteiger partial charge in [0.15, 0.2) is 0 Å². The lowest BCUT2D eigenvalue weighted by Crippen LogP contribution is -2.34. The van der Waals surface area contributed by atoms with Gasteiger partial charge < -0.3 is 9.47 Å². The highest BCUT2D eigenvalue weighted by Gasteiger charge is 2.33. The fourth-order valence-corrected chi connectivity index (χ4v) is 2.42. The highest BCUT2D eigenvalue weighted by molar-refractivity contribution is 5.14. The van der Waals surface area contributed by atoms with E-state index in [0.29, 0.717) is 6.61 Å². The monoisotopic (exact) mass is 294 g/mol. The Morgan fingerprint density at radius 2 is 1.95 bits per heavy atom. The number of hydrogen-bond acceptors (Lipinski definition) is 3. The number of aromatic nitrogens is 2. The molecule has 1 fully saturated rings. The minimum absolute atomic E-state index is 0.0644. The molecule has 0 radical (unpaired) electrons. The molecule has 2 aromatic rings. The summed E-state index contributed by atoms with van der Waals surface area (Å²) in [6, 6.07) is 11.4. The van der Waals surface area contributed by atoms with Crippen molar-refractivity contribution in [1.29, 1.82) is 0 Å². The van der Waals surface area contributed by atoms with Crippen LogP contribution in [-0.4, -0.2) is 22.5 Å². The van der Waals surface area contributed by atoms with Crippen LogP contribution in [0.1, 0.15) is 24.4 Å². The first-order valence-electron chi connectivity index (χ1n) is 6.86. The third-order valence-corrected chi connectivity index (χ3v) is 3.59. The zero-order valence-electron chi connectivity index (χ0n) is 11.4. The van der Waals surface area contributed by atoms with E-state index < -0.39 is 6.61 Å². The summed E-state index contributed by atoms with van der Waals surface area (Å²) in [5.74, 6) is 0.108. The Kier molecular flexibility index (Phi) is 4.15. The molecule has 3 rings (SSSR count). The van der Waals surface area contributed by atoms with Crippen LogP contribution in [0.2, 0.25) is 0 Å². The van der Waals surface area contributed by atoms with Gasteiger partial charge >= 0.3 is 6.61 Å². The van der Waals surface area contributed by atoms with Crippen molar-refractivity contribution < 1.29 is 18.3 Å². The predicted molar refractivity (Wildman–Crippen MR) is 72.1 cm³/mol. The maximum Gasteiger partial charge on any atom is 0.388 e. The maximum absolute atomic E-state index is 12.3. The van der Waals surface area contributed by atoms with Gasteiger partial charge in [0.05, 0.1) is 24.9 Å². The Hall–Kier alpha value is -1.95. The highest BCUT2D eigenvalue weighted by atomic mass is 19.3. The lowest BCUT2D eigenvalue weighted by molar-refractivity contribution is -0.0670. The van der Waals surface area contributed by atoms with Crippen LogP contribution >= 0.6 is 0 Å². The standard InChI is InChI=1S/C15H16F2N2O2/c16-15(17)21-14-6-7-18-19(14)12-8-13(9-12)20-10-11-4-2-1-3-5-11/h1-7,12-13,15H,8-10H2. The van der Waals surface area contributed by atoms with E-state index in [1.54, 1.807) is 0 Å². The SMILES string of the molecule is FC(F)Oc1ccnn1C1CC(OCc2ccccc2)C1. The third kappa shape index (κ3) is 3.39. The maximum atomic E-state index is 12.3. The summed E-state index contributed by atoms with van der Waals surface area (Å²) in [6.07, 6.45) is 3.12. The number of nitrogens with zero attached hydrogens (tertiary/aromatic N) is 2. The summed E-state index contributed by atoms with van der Waals surface area (Å²) in [5.41, 5.74) is 1.13. The van der Waals surface area contributed by atoms with Crippen molar-refractivity contribution in [3.8, 4) is 5.88 Å². The molecule has 0 amide bonds. The number of hydrogen-bond donors (Lipinski definition) is 0. The summed E-state index contributed by atoms with van der Waals surface area (Å²) >= 11 is 0. The minimum Gasteiger partial charge on any atom is -0.417 e. The summed E-state index contributed by atoms with van der Waals surface area (Å²) < 4.78 is 36.2. The predicted octanol–water partition coefficient (Wildman–Crippen LogP) is 3.40. The minimum atomic E-state index is -2.83. The molecular formula is C15H16F2N2O2. The Bertz CT molecular complexity index is 568. The molecule has 1 aromatic heterocycles. The second-order valence-electron chi connectivity index (χ2n) is 5.04. The number of ether oxygens (including phenoxy) is 2. The van der Waals surface area contributed by atoms with Crippen LogP contribution in [0.4, 0.5) is 8.78 Å². The van der Waals surface area contributed by atoms with E-state index in [1.165, 1.54) is 16.9 Å². The van der Waals surface area contributed by atoms with E-state index in [1.807, 2.05) is 30.3 Å². The molecule has 1 aliphatic carbocycles. The van der Waals surface area contributed by atoms with Gasteiger partial charge in [-0.15, -0.1) is 0 Å². The summed E-state index contributed by atoms with van der Waals surface area (Å²) in [6.45, 7) is -2.26. The Balaban J connectivity index is 1.48. The quantitative estimate of drug-likeness (QED) is 0.819. The topological polar surface area (TPSA) is 36.3 Å². The molecule has 1 saturated carbocycles. The molecule has 0 atom stereocenters. The zero-order chi connectivity index (χ0) is 14.7. The zero-order valence-corrected chi connectivity index (χ0v) is 11.4. The third-order valence-electron chi connectivity index (χ3n) is 3.59. The second-order valence-corrected chi connectivity index (χ2v) is 5.04. The van der Waals surface area contributed by atoms with Crippen LogP contribution in [0.3, 0.4) is 0 Å².